The first-order chi connectivity index (χ1) is 7.75. The number of hydrogen-bond donors (Lipinski definition) is 0. The van der Waals surface area contributed by atoms with Gasteiger partial charge in [-0.05, 0) is 24.5 Å². The highest BCUT2D eigenvalue weighted by molar-refractivity contribution is 5.77. The van der Waals surface area contributed by atoms with Crippen LogP contribution in [0.2, 0.25) is 0 Å². The van der Waals surface area contributed by atoms with E-state index in [-0.39, 0.29) is 5.56 Å². The van der Waals surface area contributed by atoms with Crippen molar-refractivity contribution in [3.8, 4) is 0 Å². The van der Waals surface area contributed by atoms with Gasteiger partial charge in [0.15, 0.2) is 0 Å². The maximum atomic E-state index is 12.2. The van der Waals surface area contributed by atoms with Crippen molar-refractivity contribution in [3.63, 3.8) is 0 Å². The predicted octanol–water partition coefficient (Wildman–Crippen LogP) is 1.98. The van der Waals surface area contributed by atoms with E-state index in [4.69, 9.17) is 0 Å². The summed E-state index contributed by atoms with van der Waals surface area (Å²) in [6, 6.07) is 7.59. The van der Waals surface area contributed by atoms with Gasteiger partial charge in [0.25, 0.3) is 5.56 Å². The predicted molar refractivity (Wildman–Crippen MR) is 63.5 cm³/mol. The lowest BCUT2D eigenvalue weighted by molar-refractivity contribution is 0.397. The Balaban J connectivity index is 2.33. The molecule has 3 nitrogen and oxygen atoms in total. The fourth-order valence-corrected chi connectivity index (χ4v) is 2.36. The van der Waals surface area contributed by atoms with Crippen molar-refractivity contribution in [1.82, 2.24) is 9.55 Å². The van der Waals surface area contributed by atoms with Crippen LogP contribution >= 0.6 is 0 Å². The topological polar surface area (TPSA) is 34.9 Å². The van der Waals surface area contributed by atoms with E-state index >= 15 is 0 Å². The summed E-state index contributed by atoms with van der Waals surface area (Å²) in [4.78, 5) is 16.8. The molecule has 0 saturated carbocycles. The standard InChI is InChI=1S/C13H14N2O/c1-9-6-7-15-12(8-9)14-11-5-3-2-4-10(11)13(15)16/h2-5,9H,6-8H2,1H3. The van der Waals surface area contributed by atoms with Gasteiger partial charge in [-0.2, -0.15) is 0 Å². The molecule has 1 aromatic carbocycles. The van der Waals surface area contributed by atoms with Gasteiger partial charge in [-0.25, -0.2) is 4.98 Å². The molecule has 3 rings (SSSR count). The van der Waals surface area contributed by atoms with E-state index in [1.165, 1.54) is 0 Å². The summed E-state index contributed by atoms with van der Waals surface area (Å²) in [5.41, 5.74) is 0.945. The fraction of sp³-hybridized carbons (Fsp3) is 0.385. The number of nitrogens with zero attached hydrogens (tertiary/aromatic N) is 2. The quantitative estimate of drug-likeness (QED) is 0.672. The Labute approximate surface area is 93.7 Å². The van der Waals surface area contributed by atoms with E-state index in [2.05, 4.69) is 11.9 Å². The fourth-order valence-electron chi connectivity index (χ4n) is 2.36. The molecule has 0 radical (unpaired) electrons. The zero-order valence-corrected chi connectivity index (χ0v) is 9.31. The van der Waals surface area contributed by atoms with Crippen LogP contribution in [0, 0.1) is 5.92 Å². The molecule has 1 unspecified atom stereocenters. The van der Waals surface area contributed by atoms with Gasteiger partial charge in [0.05, 0.1) is 10.9 Å². The Morgan fingerprint density at radius 1 is 1.38 bits per heavy atom. The van der Waals surface area contributed by atoms with E-state index in [0.717, 1.165) is 36.1 Å². The third-order valence-corrected chi connectivity index (χ3v) is 3.32. The first-order valence-corrected chi connectivity index (χ1v) is 5.74. The number of rotatable bonds is 0. The molecule has 1 aromatic heterocycles. The summed E-state index contributed by atoms with van der Waals surface area (Å²) in [5.74, 6) is 1.58. The molecule has 16 heavy (non-hydrogen) atoms. The largest absolute Gasteiger partial charge is 0.296 e. The minimum Gasteiger partial charge on any atom is -0.296 e. The molecule has 0 aliphatic carbocycles. The Bertz CT molecular complexity index is 600. The van der Waals surface area contributed by atoms with E-state index in [0.29, 0.717) is 5.92 Å². The smallest absolute Gasteiger partial charge is 0.261 e. The molecule has 1 atom stereocenters. The summed E-state index contributed by atoms with van der Waals surface area (Å²) in [6.07, 6.45) is 1.99. The summed E-state index contributed by atoms with van der Waals surface area (Å²) in [7, 11) is 0. The molecule has 0 saturated heterocycles. The van der Waals surface area contributed by atoms with Crippen LogP contribution in [0.15, 0.2) is 29.1 Å². The summed E-state index contributed by atoms with van der Waals surface area (Å²) < 4.78 is 1.84. The van der Waals surface area contributed by atoms with Gasteiger partial charge in [-0.1, -0.05) is 19.1 Å². The molecule has 0 amide bonds. The van der Waals surface area contributed by atoms with E-state index in [1.54, 1.807) is 0 Å². The summed E-state index contributed by atoms with van der Waals surface area (Å²) >= 11 is 0. The summed E-state index contributed by atoms with van der Waals surface area (Å²) in [5, 5.41) is 0.737. The van der Waals surface area contributed by atoms with Crippen LogP contribution in [0.5, 0.6) is 0 Å². The molecular formula is C13H14N2O. The molecule has 0 spiro atoms. The van der Waals surface area contributed by atoms with Crippen molar-refractivity contribution in [2.75, 3.05) is 0 Å². The zero-order chi connectivity index (χ0) is 11.1. The maximum absolute atomic E-state index is 12.2. The Morgan fingerprint density at radius 3 is 3.06 bits per heavy atom. The number of fused-ring (bicyclic) bond motifs is 2. The first kappa shape index (κ1) is 9.58. The van der Waals surface area contributed by atoms with Gasteiger partial charge in [0, 0.05) is 13.0 Å². The lowest BCUT2D eigenvalue weighted by atomic mass is 9.99. The molecule has 2 aromatic rings. The average molecular weight is 214 g/mol. The first-order valence-electron chi connectivity index (χ1n) is 5.74. The molecule has 0 bridgehead atoms. The van der Waals surface area contributed by atoms with Crippen LogP contribution in [0.1, 0.15) is 19.2 Å². The third-order valence-electron chi connectivity index (χ3n) is 3.32. The van der Waals surface area contributed by atoms with Crippen molar-refractivity contribution >= 4 is 10.9 Å². The van der Waals surface area contributed by atoms with Gasteiger partial charge >= 0.3 is 0 Å². The SMILES string of the molecule is CC1CCn2c(nc3ccccc3c2=O)C1. The highest BCUT2D eigenvalue weighted by Gasteiger charge is 2.18. The van der Waals surface area contributed by atoms with Gasteiger partial charge in [-0.15, -0.1) is 0 Å². The van der Waals surface area contributed by atoms with Crippen molar-refractivity contribution in [1.29, 1.82) is 0 Å². The van der Waals surface area contributed by atoms with Gasteiger partial charge in [-0.3, -0.25) is 9.36 Å². The van der Waals surface area contributed by atoms with Crippen molar-refractivity contribution in [2.45, 2.75) is 26.3 Å². The Kier molecular flexibility index (Phi) is 2.06. The second kappa shape index (κ2) is 3.44. The molecule has 3 heteroatoms. The van der Waals surface area contributed by atoms with Crippen LogP contribution in [0.25, 0.3) is 10.9 Å². The maximum Gasteiger partial charge on any atom is 0.261 e. The molecular weight excluding hydrogens is 200 g/mol. The van der Waals surface area contributed by atoms with Crippen molar-refractivity contribution in [2.24, 2.45) is 5.92 Å². The zero-order valence-electron chi connectivity index (χ0n) is 9.31. The van der Waals surface area contributed by atoms with Crippen LogP contribution in [0.4, 0.5) is 0 Å². The van der Waals surface area contributed by atoms with E-state index < -0.39 is 0 Å². The van der Waals surface area contributed by atoms with Gasteiger partial charge < -0.3 is 0 Å². The number of aromatic nitrogens is 2. The second-order valence-corrected chi connectivity index (χ2v) is 4.60. The Morgan fingerprint density at radius 2 is 2.19 bits per heavy atom. The Hall–Kier alpha value is -1.64. The van der Waals surface area contributed by atoms with Crippen LogP contribution in [-0.2, 0) is 13.0 Å². The monoisotopic (exact) mass is 214 g/mol. The van der Waals surface area contributed by atoms with E-state index in [9.17, 15) is 4.79 Å². The third kappa shape index (κ3) is 1.35. The van der Waals surface area contributed by atoms with Gasteiger partial charge in [0.2, 0.25) is 0 Å². The minimum atomic E-state index is 0.118. The van der Waals surface area contributed by atoms with Gasteiger partial charge in [0.1, 0.15) is 5.82 Å². The number of para-hydroxylation sites is 1. The number of hydrogen-bond acceptors (Lipinski definition) is 2. The normalized spacial score (nSPS) is 19.7. The van der Waals surface area contributed by atoms with Crippen LogP contribution in [0.3, 0.4) is 0 Å². The molecule has 2 heterocycles. The highest BCUT2D eigenvalue weighted by Crippen LogP contribution is 2.18. The average Bonchev–Trinajstić information content (AvgIpc) is 2.29. The summed E-state index contributed by atoms with van der Waals surface area (Å²) in [6.45, 7) is 3.03. The van der Waals surface area contributed by atoms with Crippen molar-refractivity contribution in [3.05, 3.63) is 40.4 Å². The lowest BCUT2D eigenvalue weighted by Crippen LogP contribution is -2.30. The van der Waals surface area contributed by atoms with E-state index in [1.807, 2.05) is 28.8 Å². The molecule has 1 aliphatic rings. The van der Waals surface area contributed by atoms with Crippen LogP contribution in [-0.4, -0.2) is 9.55 Å². The minimum absolute atomic E-state index is 0.118. The molecule has 1 aliphatic heterocycles. The van der Waals surface area contributed by atoms with Crippen molar-refractivity contribution < 1.29 is 0 Å². The number of benzene rings is 1. The second-order valence-electron chi connectivity index (χ2n) is 4.60. The molecule has 0 fully saturated rings. The molecule has 0 N–H and O–H groups in total. The lowest BCUT2D eigenvalue weighted by Gasteiger charge is -2.22. The highest BCUT2D eigenvalue weighted by atomic mass is 16.1. The van der Waals surface area contributed by atoms with Crippen LogP contribution < -0.4 is 5.56 Å². The molecule has 82 valence electrons.